The molecule has 0 aromatic heterocycles. The molecule has 4 nitrogen and oxygen atoms in total. The van der Waals surface area contributed by atoms with Crippen LogP contribution in [0.25, 0.3) is 0 Å². The Bertz CT molecular complexity index is 439. The van der Waals surface area contributed by atoms with Crippen LogP contribution in [0.4, 0.5) is 0 Å². The third-order valence-corrected chi connectivity index (χ3v) is 3.69. The number of aliphatic hydroxyl groups excluding tert-OH is 1. The lowest BCUT2D eigenvalue weighted by molar-refractivity contribution is -0.00689. The molecule has 1 aliphatic heterocycles. The molecule has 110 valence electrons. The van der Waals surface area contributed by atoms with Gasteiger partial charge in [0.2, 0.25) is 0 Å². The Morgan fingerprint density at radius 2 is 2.15 bits per heavy atom. The molecule has 0 atom stereocenters. The maximum absolute atomic E-state index is 12.2. The number of carbonyl (C=O) groups excluding carboxylic acids is 1. The first-order chi connectivity index (χ1) is 9.69. The molecule has 1 aromatic carbocycles. The third-order valence-electron chi connectivity index (χ3n) is 3.69. The van der Waals surface area contributed by atoms with Gasteiger partial charge in [-0.1, -0.05) is 23.8 Å². The average molecular weight is 277 g/mol. The van der Waals surface area contributed by atoms with Crippen LogP contribution < -0.4 is 0 Å². The number of ketones is 1. The zero-order valence-electron chi connectivity index (χ0n) is 12.0. The van der Waals surface area contributed by atoms with E-state index in [0.717, 1.165) is 37.1 Å². The fourth-order valence-electron chi connectivity index (χ4n) is 2.57. The summed E-state index contributed by atoms with van der Waals surface area (Å²) in [4.78, 5) is 14.4. The van der Waals surface area contributed by atoms with Crippen molar-refractivity contribution in [3.8, 4) is 0 Å². The first-order valence-corrected chi connectivity index (χ1v) is 7.23. The van der Waals surface area contributed by atoms with E-state index in [0.29, 0.717) is 13.2 Å². The number of aryl methyl sites for hydroxylation is 1. The van der Waals surface area contributed by atoms with Crippen LogP contribution in [0.2, 0.25) is 0 Å². The molecule has 20 heavy (non-hydrogen) atoms. The predicted octanol–water partition coefficient (Wildman–Crippen LogP) is 1.65. The number of hydrogen-bond donors (Lipinski definition) is 1. The highest BCUT2D eigenvalue weighted by Gasteiger charge is 2.21. The summed E-state index contributed by atoms with van der Waals surface area (Å²) in [6.45, 7) is 4.73. The van der Waals surface area contributed by atoms with Crippen molar-refractivity contribution in [3.63, 3.8) is 0 Å². The first kappa shape index (κ1) is 15.2. The highest BCUT2D eigenvalue weighted by molar-refractivity contribution is 5.97. The van der Waals surface area contributed by atoms with Gasteiger partial charge in [0.25, 0.3) is 0 Å². The molecule has 1 aromatic rings. The molecule has 1 N–H and O–H groups in total. The number of aliphatic hydroxyl groups is 1. The van der Waals surface area contributed by atoms with Crippen LogP contribution in [-0.2, 0) is 4.74 Å². The zero-order chi connectivity index (χ0) is 14.4. The molecule has 0 amide bonds. The topological polar surface area (TPSA) is 49.8 Å². The minimum atomic E-state index is 0.0755. The van der Waals surface area contributed by atoms with E-state index in [1.807, 2.05) is 31.2 Å². The van der Waals surface area contributed by atoms with E-state index in [1.165, 1.54) is 0 Å². The second kappa shape index (κ2) is 7.53. The van der Waals surface area contributed by atoms with Gasteiger partial charge in [0.15, 0.2) is 5.78 Å². The van der Waals surface area contributed by atoms with Crippen LogP contribution in [-0.4, -0.2) is 54.7 Å². The third kappa shape index (κ3) is 4.40. The van der Waals surface area contributed by atoms with Gasteiger partial charge in [0, 0.05) is 18.7 Å². The van der Waals surface area contributed by atoms with Gasteiger partial charge in [0.1, 0.15) is 0 Å². The van der Waals surface area contributed by atoms with E-state index in [1.54, 1.807) is 0 Å². The Balaban J connectivity index is 1.79. The molecule has 1 aliphatic rings. The smallest absolute Gasteiger partial charge is 0.176 e. The number of rotatable bonds is 6. The lowest BCUT2D eigenvalue weighted by Crippen LogP contribution is -2.40. The standard InChI is InChI=1S/C16H23NO3/c1-13-3-2-4-14(11-13)16(19)12-17-7-5-15(6-8-17)20-10-9-18/h2-4,11,15,18H,5-10,12H2,1H3. The number of ether oxygens (including phenoxy) is 1. The second-order valence-electron chi connectivity index (χ2n) is 5.36. The molecular weight excluding hydrogens is 254 g/mol. The highest BCUT2D eigenvalue weighted by atomic mass is 16.5. The predicted molar refractivity (Wildman–Crippen MR) is 78.0 cm³/mol. The summed E-state index contributed by atoms with van der Waals surface area (Å²) in [6.07, 6.45) is 2.09. The quantitative estimate of drug-likeness (QED) is 0.803. The molecular formula is C16H23NO3. The number of hydrogen-bond acceptors (Lipinski definition) is 4. The molecule has 2 rings (SSSR count). The normalized spacial score (nSPS) is 17.3. The van der Waals surface area contributed by atoms with Crippen LogP contribution >= 0.6 is 0 Å². The number of Topliss-reactive ketones (excluding diaryl/α,β-unsaturated/α-hetero) is 1. The van der Waals surface area contributed by atoms with Crippen molar-refractivity contribution in [1.82, 2.24) is 4.90 Å². The summed E-state index contributed by atoms with van der Waals surface area (Å²) in [6, 6.07) is 7.75. The summed E-state index contributed by atoms with van der Waals surface area (Å²) in [5.74, 6) is 0.184. The largest absolute Gasteiger partial charge is 0.394 e. The highest BCUT2D eigenvalue weighted by Crippen LogP contribution is 2.14. The van der Waals surface area contributed by atoms with Crippen molar-refractivity contribution in [2.75, 3.05) is 32.8 Å². The lowest BCUT2D eigenvalue weighted by Gasteiger charge is -2.31. The average Bonchev–Trinajstić information content (AvgIpc) is 2.46. The number of likely N-dealkylation sites (tertiary alicyclic amines) is 1. The first-order valence-electron chi connectivity index (χ1n) is 7.23. The van der Waals surface area contributed by atoms with Gasteiger partial charge in [0.05, 0.1) is 25.9 Å². The van der Waals surface area contributed by atoms with Crippen LogP contribution in [0, 0.1) is 6.92 Å². The fourth-order valence-corrected chi connectivity index (χ4v) is 2.57. The lowest BCUT2D eigenvalue weighted by atomic mass is 10.0. The number of benzene rings is 1. The number of nitrogens with zero attached hydrogens (tertiary/aromatic N) is 1. The van der Waals surface area contributed by atoms with Crippen molar-refractivity contribution < 1.29 is 14.6 Å². The molecule has 0 spiro atoms. The number of piperidine rings is 1. The molecule has 1 heterocycles. The van der Waals surface area contributed by atoms with Crippen molar-refractivity contribution >= 4 is 5.78 Å². The summed E-state index contributed by atoms with van der Waals surface area (Å²) in [5.41, 5.74) is 1.91. The minimum Gasteiger partial charge on any atom is -0.394 e. The Morgan fingerprint density at radius 3 is 2.80 bits per heavy atom. The van der Waals surface area contributed by atoms with Gasteiger partial charge < -0.3 is 9.84 Å². The minimum absolute atomic E-state index is 0.0755. The van der Waals surface area contributed by atoms with Gasteiger partial charge in [-0.05, 0) is 25.8 Å². The van der Waals surface area contributed by atoms with E-state index in [9.17, 15) is 4.79 Å². The zero-order valence-corrected chi connectivity index (χ0v) is 12.0. The van der Waals surface area contributed by atoms with Crippen molar-refractivity contribution in [2.24, 2.45) is 0 Å². The van der Waals surface area contributed by atoms with Crippen LogP contribution in [0.15, 0.2) is 24.3 Å². The van der Waals surface area contributed by atoms with Crippen molar-refractivity contribution in [2.45, 2.75) is 25.9 Å². The molecule has 1 fully saturated rings. The van der Waals surface area contributed by atoms with Crippen molar-refractivity contribution in [1.29, 1.82) is 0 Å². The molecule has 1 saturated heterocycles. The van der Waals surface area contributed by atoms with E-state index in [-0.39, 0.29) is 18.5 Å². The van der Waals surface area contributed by atoms with Gasteiger partial charge in [-0.25, -0.2) is 0 Å². The molecule has 0 aliphatic carbocycles. The second-order valence-corrected chi connectivity index (χ2v) is 5.36. The Hall–Kier alpha value is -1.23. The fraction of sp³-hybridized carbons (Fsp3) is 0.562. The van der Waals surface area contributed by atoms with Gasteiger partial charge >= 0.3 is 0 Å². The van der Waals surface area contributed by atoms with Crippen LogP contribution in [0.1, 0.15) is 28.8 Å². The van der Waals surface area contributed by atoms with Crippen molar-refractivity contribution in [3.05, 3.63) is 35.4 Å². The maximum Gasteiger partial charge on any atom is 0.176 e. The van der Waals surface area contributed by atoms with Gasteiger partial charge in [-0.2, -0.15) is 0 Å². The van der Waals surface area contributed by atoms with E-state index >= 15 is 0 Å². The van der Waals surface area contributed by atoms with Gasteiger partial charge in [-0.3, -0.25) is 9.69 Å². The molecule has 4 heteroatoms. The summed E-state index contributed by atoms with van der Waals surface area (Å²) in [7, 11) is 0. The Labute approximate surface area is 120 Å². The monoisotopic (exact) mass is 277 g/mol. The molecule has 0 bridgehead atoms. The summed E-state index contributed by atoms with van der Waals surface area (Å²) < 4.78 is 5.52. The van der Waals surface area contributed by atoms with E-state index < -0.39 is 0 Å². The van der Waals surface area contributed by atoms with Crippen LogP contribution in [0.3, 0.4) is 0 Å². The summed E-state index contributed by atoms with van der Waals surface area (Å²) in [5, 5.41) is 8.74. The van der Waals surface area contributed by atoms with E-state index in [4.69, 9.17) is 9.84 Å². The molecule has 0 unspecified atom stereocenters. The summed E-state index contributed by atoms with van der Waals surface area (Å²) >= 11 is 0. The Kier molecular flexibility index (Phi) is 5.71. The van der Waals surface area contributed by atoms with Crippen LogP contribution in [0.5, 0.6) is 0 Å². The molecule has 0 radical (unpaired) electrons. The van der Waals surface area contributed by atoms with E-state index in [2.05, 4.69) is 4.90 Å². The molecule has 0 saturated carbocycles. The number of carbonyl (C=O) groups is 1. The Morgan fingerprint density at radius 1 is 1.40 bits per heavy atom. The maximum atomic E-state index is 12.2. The SMILES string of the molecule is Cc1cccc(C(=O)CN2CCC(OCCO)CC2)c1. The van der Waals surface area contributed by atoms with Gasteiger partial charge in [-0.15, -0.1) is 0 Å².